The van der Waals surface area contributed by atoms with Crippen LogP contribution in [0.5, 0.6) is 17.2 Å². The third-order valence-corrected chi connectivity index (χ3v) is 4.66. The molecular formula is C18H16BrNO3. The number of benzene rings is 2. The minimum absolute atomic E-state index is 0.214. The number of methoxy groups -OCH3 is 1. The molecule has 4 nitrogen and oxygen atoms in total. The van der Waals surface area contributed by atoms with E-state index in [1.54, 1.807) is 7.11 Å². The lowest BCUT2D eigenvalue weighted by Crippen LogP contribution is -2.20. The maximum Gasteiger partial charge on any atom is 0.231 e. The number of hydrogen-bond donors (Lipinski definition) is 0. The predicted molar refractivity (Wildman–Crippen MR) is 92.1 cm³/mol. The molecular weight excluding hydrogens is 358 g/mol. The molecule has 0 saturated heterocycles. The summed E-state index contributed by atoms with van der Waals surface area (Å²) in [6.45, 7) is 2.34. The molecule has 5 heteroatoms. The Hall–Kier alpha value is -2.01. The molecule has 1 unspecified atom stereocenters. The van der Waals surface area contributed by atoms with Gasteiger partial charge in [-0.15, -0.1) is 0 Å². The highest BCUT2D eigenvalue weighted by molar-refractivity contribution is 9.10. The van der Waals surface area contributed by atoms with Crippen LogP contribution in [0, 0.1) is 0 Å². The maximum absolute atomic E-state index is 5.76. The number of fused-ring (bicyclic) bond motifs is 3. The summed E-state index contributed by atoms with van der Waals surface area (Å²) in [5, 5.41) is 0. The van der Waals surface area contributed by atoms with Crippen LogP contribution in [0.25, 0.3) is 0 Å². The Labute approximate surface area is 143 Å². The van der Waals surface area contributed by atoms with E-state index in [1.165, 1.54) is 5.56 Å². The Balaban J connectivity index is 1.94. The second-order valence-corrected chi connectivity index (χ2v) is 6.63. The third kappa shape index (κ3) is 2.39. The zero-order valence-electron chi connectivity index (χ0n) is 12.9. The van der Waals surface area contributed by atoms with Gasteiger partial charge in [-0.1, -0.05) is 28.1 Å². The molecule has 0 N–H and O–H groups in total. The third-order valence-electron chi connectivity index (χ3n) is 4.13. The summed E-state index contributed by atoms with van der Waals surface area (Å²) in [5.41, 5.74) is 4.24. The SMILES string of the molecule is COc1cc2c(c3c1OCO3)C(c1ccc(Br)cc1)=NC(C)C2. The predicted octanol–water partition coefficient (Wildman–Crippen LogP) is 3.97. The average molecular weight is 374 g/mol. The van der Waals surface area contributed by atoms with Crippen LogP contribution in [0.1, 0.15) is 23.6 Å². The molecule has 0 fully saturated rings. The van der Waals surface area contributed by atoms with Crippen LogP contribution >= 0.6 is 15.9 Å². The molecule has 0 spiro atoms. The van der Waals surface area contributed by atoms with Gasteiger partial charge >= 0.3 is 0 Å². The number of aliphatic imine (C=N–C) groups is 1. The van der Waals surface area contributed by atoms with E-state index in [-0.39, 0.29) is 12.8 Å². The molecule has 0 saturated carbocycles. The second-order valence-electron chi connectivity index (χ2n) is 5.72. The number of rotatable bonds is 2. The Morgan fingerprint density at radius 2 is 1.91 bits per heavy atom. The highest BCUT2D eigenvalue weighted by Gasteiger charge is 2.31. The van der Waals surface area contributed by atoms with Gasteiger partial charge in [-0.2, -0.15) is 0 Å². The van der Waals surface area contributed by atoms with Crippen LogP contribution in [0.15, 0.2) is 39.8 Å². The molecule has 0 aliphatic carbocycles. The van der Waals surface area contributed by atoms with Crippen molar-refractivity contribution in [2.75, 3.05) is 13.9 Å². The Morgan fingerprint density at radius 1 is 1.17 bits per heavy atom. The van der Waals surface area contributed by atoms with Crippen molar-refractivity contribution < 1.29 is 14.2 Å². The number of nitrogens with zero attached hydrogens (tertiary/aromatic N) is 1. The Bertz CT molecular complexity index is 799. The molecule has 23 heavy (non-hydrogen) atoms. The fraction of sp³-hybridized carbons (Fsp3) is 0.278. The summed E-state index contributed by atoms with van der Waals surface area (Å²) < 4.78 is 17.9. The molecule has 0 bridgehead atoms. The van der Waals surface area contributed by atoms with Crippen molar-refractivity contribution in [3.05, 3.63) is 51.5 Å². The highest BCUT2D eigenvalue weighted by Crippen LogP contribution is 2.47. The first-order chi connectivity index (χ1) is 11.2. The number of hydrogen-bond acceptors (Lipinski definition) is 4. The molecule has 118 valence electrons. The van der Waals surface area contributed by atoms with Gasteiger partial charge in [-0.05, 0) is 37.1 Å². The van der Waals surface area contributed by atoms with Crippen molar-refractivity contribution >= 4 is 21.6 Å². The van der Waals surface area contributed by atoms with Crippen LogP contribution in [-0.4, -0.2) is 25.7 Å². The van der Waals surface area contributed by atoms with Gasteiger partial charge in [-0.3, -0.25) is 4.99 Å². The highest BCUT2D eigenvalue weighted by atomic mass is 79.9. The molecule has 2 aliphatic heterocycles. The van der Waals surface area contributed by atoms with Crippen LogP contribution in [0.4, 0.5) is 0 Å². The fourth-order valence-corrected chi connectivity index (χ4v) is 3.40. The van der Waals surface area contributed by atoms with E-state index >= 15 is 0 Å². The van der Waals surface area contributed by atoms with Gasteiger partial charge in [0.2, 0.25) is 12.5 Å². The van der Waals surface area contributed by atoms with Crippen molar-refractivity contribution in [1.29, 1.82) is 0 Å². The van der Waals surface area contributed by atoms with Crippen molar-refractivity contribution in [3.63, 3.8) is 0 Å². The zero-order valence-corrected chi connectivity index (χ0v) is 14.5. The Morgan fingerprint density at radius 3 is 2.65 bits per heavy atom. The minimum atomic E-state index is 0.214. The van der Waals surface area contributed by atoms with Gasteiger partial charge in [0.15, 0.2) is 11.5 Å². The number of ether oxygens (including phenoxy) is 3. The second kappa shape index (κ2) is 5.57. The minimum Gasteiger partial charge on any atom is -0.493 e. The summed E-state index contributed by atoms with van der Waals surface area (Å²) >= 11 is 3.48. The number of halogens is 1. The lowest BCUT2D eigenvalue weighted by atomic mass is 9.89. The summed E-state index contributed by atoms with van der Waals surface area (Å²) in [4.78, 5) is 4.88. The lowest BCUT2D eigenvalue weighted by Gasteiger charge is -2.23. The van der Waals surface area contributed by atoms with Gasteiger partial charge in [0.25, 0.3) is 0 Å². The lowest BCUT2D eigenvalue weighted by molar-refractivity contribution is 0.171. The molecule has 2 aliphatic rings. The van der Waals surface area contributed by atoms with E-state index < -0.39 is 0 Å². The van der Waals surface area contributed by atoms with E-state index in [4.69, 9.17) is 19.2 Å². The van der Waals surface area contributed by atoms with Gasteiger partial charge < -0.3 is 14.2 Å². The molecule has 1 atom stereocenters. The van der Waals surface area contributed by atoms with Crippen LogP contribution < -0.4 is 14.2 Å². The van der Waals surface area contributed by atoms with Crippen molar-refractivity contribution in [3.8, 4) is 17.2 Å². The van der Waals surface area contributed by atoms with E-state index in [2.05, 4.69) is 35.0 Å². The molecule has 0 radical (unpaired) electrons. The van der Waals surface area contributed by atoms with Crippen LogP contribution in [0.2, 0.25) is 0 Å². The molecule has 0 amide bonds. The first-order valence-electron chi connectivity index (χ1n) is 7.51. The summed E-state index contributed by atoms with van der Waals surface area (Å²) in [7, 11) is 1.65. The van der Waals surface area contributed by atoms with Crippen LogP contribution in [-0.2, 0) is 6.42 Å². The van der Waals surface area contributed by atoms with Gasteiger partial charge in [-0.25, -0.2) is 0 Å². The first-order valence-corrected chi connectivity index (χ1v) is 8.30. The largest absolute Gasteiger partial charge is 0.493 e. The zero-order chi connectivity index (χ0) is 16.0. The van der Waals surface area contributed by atoms with Gasteiger partial charge in [0.1, 0.15) is 0 Å². The van der Waals surface area contributed by atoms with E-state index in [0.29, 0.717) is 5.75 Å². The van der Waals surface area contributed by atoms with Crippen LogP contribution in [0.3, 0.4) is 0 Å². The van der Waals surface area contributed by atoms with E-state index in [9.17, 15) is 0 Å². The van der Waals surface area contributed by atoms with Crippen molar-refractivity contribution in [1.82, 2.24) is 0 Å². The van der Waals surface area contributed by atoms with E-state index in [0.717, 1.165) is 39.2 Å². The molecule has 2 heterocycles. The quantitative estimate of drug-likeness (QED) is 0.799. The van der Waals surface area contributed by atoms with Gasteiger partial charge in [0.05, 0.1) is 24.4 Å². The smallest absolute Gasteiger partial charge is 0.231 e. The Kier molecular flexibility index (Phi) is 3.53. The average Bonchev–Trinajstić information content (AvgIpc) is 3.03. The first kappa shape index (κ1) is 14.6. The summed E-state index contributed by atoms with van der Waals surface area (Å²) in [6.07, 6.45) is 0.863. The topological polar surface area (TPSA) is 40.0 Å². The molecule has 0 aromatic heterocycles. The van der Waals surface area contributed by atoms with Crippen molar-refractivity contribution in [2.24, 2.45) is 4.99 Å². The fourth-order valence-electron chi connectivity index (χ4n) is 3.14. The molecule has 2 aromatic carbocycles. The van der Waals surface area contributed by atoms with Crippen molar-refractivity contribution in [2.45, 2.75) is 19.4 Å². The van der Waals surface area contributed by atoms with E-state index in [1.807, 2.05) is 18.2 Å². The van der Waals surface area contributed by atoms with Gasteiger partial charge in [0, 0.05) is 10.0 Å². The summed E-state index contributed by atoms with van der Waals surface area (Å²) in [5.74, 6) is 2.14. The monoisotopic (exact) mass is 373 g/mol. The normalized spacial score (nSPS) is 18.4. The standard InChI is InChI=1S/C18H16BrNO3/c1-10-7-12-8-14(21-2)17-18(23-9-22-17)15(12)16(20-10)11-3-5-13(19)6-4-11/h3-6,8,10H,7,9H2,1-2H3. The summed E-state index contributed by atoms with van der Waals surface area (Å²) in [6, 6.07) is 10.4. The maximum atomic E-state index is 5.76. The molecule has 2 aromatic rings. The molecule has 4 rings (SSSR count).